The number of anilines is 1. The predicted molar refractivity (Wildman–Crippen MR) is 44.9 cm³/mol. The molecule has 1 heterocycles. The first kappa shape index (κ1) is 8.72. The summed E-state index contributed by atoms with van der Waals surface area (Å²) in [6.45, 7) is 0. The molecule has 0 spiro atoms. The molecule has 64 valence electrons. The highest BCUT2D eigenvalue weighted by molar-refractivity contribution is 7.98. The van der Waals surface area contributed by atoms with Gasteiger partial charge in [-0.25, -0.2) is 4.98 Å². The van der Waals surface area contributed by atoms with E-state index in [2.05, 4.69) is 9.97 Å². The van der Waals surface area contributed by atoms with Gasteiger partial charge in [-0.15, -0.1) is 0 Å². The lowest BCUT2D eigenvalue weighted by Gasteiger charge is -1.96. The van der Waals surface area contributed by atoms with Gasteiger partial charge < -0.3 is 5.73 Å². The summed E-state index contributed by atoms with van der Waals surface area (Å²) >= 11 is 1.28. The van der Waals surface area contributed by atoms with Crippen molar-refractivity contribution in [1.29, 1.82) is 0 Å². The number of aromatic nitrogens is 2. The van der Waals surface area contributed by atoms with Crippen molar-refractivity contribution >= 4 is 23.3 Å². The van der Waals surface area contributed by atoms with Crippen LogP contribution in [-0.2, 0) is 0 Å². The second-order valence-electron chi connectivity index (χ2n) is 1.88. The van der Waals surface area contributed by atoms with Crippen LogP contribution in [0.25, 0.3) is 0 Å². The average molecular weight is 186 g/mol. The maximum Gasteiger partial charge on any atom is 0.329 e. The molecule has 6 nitrogen and oxygen atoms in total. The van der Waals surface area contributed by atoms with Crippen LogP contribution < -0.4 is 5.73 Å². The van der Waals surface area contributed by atoms with Gasteiger partial charge in [0.05, 0.1) is 4.92 Å². The smallest absolute Gasteiger partial charge is 0.329 e. The zero-order chi connectivity index (χ0) is 9.14. The molecule has 0 saturated heterocycles. The molecule has 7 heteroatoms. The molecule has 2 N–H and O–H groups in total. The molecule has 0 bridgehead atoms. The Morgan fingerprint density at radius 2 is 2.42 bits per heavy atom. The van der Waals surface area contributed by atoms with E-state index in [1.807, 2.05) is 0 Å². The van der Waals surface area contributed by atoms with Gasteiger partial charge in [-0.2, -0.15) is 4.98 Å². The first-order valence-corrected chi connectivity index (χ1v) is 4.18. The van der Waals surface area contributed by atoms with E-state index >= 15 is 0 Å². The number of rotatable bonds is 2. The molecule has 0 aliphatic rings. The van der Waals surface area contributed by atoms with E-state index in [4.69, 9.17) is 5.73 Å². The third-order valence-corrected chi connectivity index (χ3v) is 1.72. The standard InChI is InChI=1S/C5H6N4O2S/c1-12-5-7-2-3(9(10)11)4(6)8-5/h2H,1H3,(H2,6,7,8). The Morgan fingerprint density at radius 1 is 1.75 bits per heavy atom. The molecule has 0 aliphatic carbocycles. The zero-order valence-electron chi connectivity index (χ0n) is 6.22. The number of nitrogens with two attached hydrogens (primary N) is 1. The van der Waals surface area contributed by atoms with Gasteiger partial charge >= 0.3 is 5.69 Å². The third kappa shape index (κ3) is 1.62. The van der Waals surface area contributed by atoms with E-state index < -0.39 is 4.92 Å². The van der Waals surface area contributed by atoms with Crippen molar-refractivity contribution in [2.24, 2.45) is 0 Å². The van der Waals surface area contributed by atoms with Crippen molar-refractivity contribution in [1.82, 2.24) is 9.97 Å². The highest BCUT2D eigenvalue weighted by Gasteiger charge is 2.13. The van der Waals surface area contributed by atoms with Gasteiger partial charge in [0.15, 0.2) is 5.16 Å². The van der Waals surface area contributed by atoms with Gasteiger partial charge in [-0.3, -0.25) is 10.1 Å². The van der Waals surface area contributed by atoms with Crippen molar-refractivity contribution in [2.75, 3.05) is 12.0 Å². The van der Waals surface area contributed by atoms with E-state index in [0.717, 1.165) is 6.20 Å². The van der Waals surface area contributed by atoms with Gasteiger partial charge in [-0.05, 0) is 6.26 Å². The second-order valence-corrected chi connectivity index (χ2v) is 2.66. The van der Waals surface area contributed by atoms with Crippen molar-refractivity contribution in [3.63, 3.8) is 0 Å². The SMILES string of the molecule is CSc1ncc([N+](=O)[O-])c(N)n1. The largest absolute Gasteiger partial charge is 0.378 e. The number of thioether (sulfide) groups is 1. The lowest BCUT2D eigenvalue weighted by atomic mass is 10.5. The number of nitrogen functional groups attached to an aromatic ring is 1. The Balaban J connectivity index is 3.12. The van der Waals surface area contributed by atoms with Crippen LogP contribution >= 0.6 is 11.8 Å². The quantitative estimate of drug-likeness (QED) is 0.316. The number of nitro groups is 1. The first-order valence-electron chi connectivity index (χ1n) is 2.96. The van der Waals surface area contributed by atoms with Crippen molar-refractivity contribution < 1.29 is 4.92 Å². The molecule has 1 aromatic heterocycles. The maximum atomic E-state index is 10.3. The van der Waals surface area contributed by atoms with Crippen LogP contribution in [0.1, 0.15) is 0 Å². The minimum atomic E-state index is -0.612. The van der Waals surface area contributed by atoms with Gasteiger partial charge in [0.1, 0.15) is 6.20 Å². The van der Waals surface area contributed by atoms with Gasteiger partial charge in [0.2, 0.25) is 5.82 Å². The van der Waals surface area contributed by atoms with Crippen molar-refractivity contribution in [3.05, 3.63) is 16.3 Å². The Hall–Kier alpha value is -1.37. The van der Waals surface area contributed by atoms with E-state index in [0.29, 0.717) is 5.16 Å². The average Bonchev–Trinajstić information content (AvgIpc) is 2.03. The van der Waals surface area contributed by atoms with Crippen molar-refractivity contribution in [3.8, 4) is 0 Å². The molecule has 0 amide bonds. The summed E-state index contributed by atoms with van der Waals surface area (Å²) < 4.78 is 0. The van der Waals surface area contributed by atoms with E-state index in [-0.39, 0.29) is 11.5 Å². The monoisotopic (exact) mass is 186 g/mol. The molecule has 1 rings (SSSR count). The van der Waals surface area contributed by atoms with Crippen LogP contribution in [0.5, 0.6) is 0 Å². The Labute approximate surface area is 72.4 Å². The molecular formula is C5H6N4O2S. The Morgan fingerprint density at radius 3 is 2.83 bits per heavy atom. The molecule has 0 aliphatic heterocycles. The summed E-state index contributed by atoms with van der Waals surface area (Å²) in [6.07, 6.45) is 2.87. The van der Waals surface area contributed by atoms with E-state index in [1.165, 1.54) is 11.8 Å². The fraction of sp³-hybridized carbons (Fsp3) is 0.200. The van der Waals surface area contributed by atoms with Gasteiger partial charge in [0.25, 0.3) is 0 Å². The fourth-order valence-corrected chi connectivity index (χ4v) is 0.958. The molecule has 0 radical (unpaired) electrons. The lowest BCUT2D eigenvalue weighted by Crippen LogP contribution is -2.00. The van der Waals surface area contributed by atoms with Gasteiger partial charge in [0, 0.05) is 0 Å². The highest BCUT2D eigenvalue weighted by Crippen LogP contribution is 2.19. The Kier molecular flexibility index (Phi) is 2.44. The molecule has 0 atom stereocenters. The molecule has 0 fully saturated rings. The molecule has 0 unspecified atom stereocenters. The van der Waals surface area contributed by atoms with Crippen molar-refractivity contribution in [2.45, 2.75) is 5.16 Å². The summed E-state index contributed by atoms with van der Waals surface area (Å²) in [5.74, 6) is -0.0978. The molecule has 0 aromatic carbocycles. The summed E-state index contributed by atoms with van der Waals surface area (Å²) in [6, 6.07) is 0. The fourth-order valence-electron chi connectivity index (χ4n) is 0.611. The summed E-state index contributed by atoms with van der Waals surface area (Å²) in [4.78, 5) is 17.1. The van der Waals surface area contributed by atoms with E-state index in [9.17, 15) is 10.1 Å². The summed E-state index contributed by atoms with van der Waals surface area (Å²) in [5, 5.41) is 10.7. The summed E-state index contributed by atoms with van der Waals surface area (Å²) in [7, 11) is 0. The molecule has 0 saturated carbocycles. The minimum absolute atomic E-state index is 0.0978. The van der Waals surface area contributed by atoms with Crippen LogP contribution in [0.15, 0.2) is 11.4 Å². The molecular weight excluding hydrogens is 180 g/mol. The third-order valence-electron chi connectivity index (χ3n) is 1.16. The minimum Gasteiger partial charge on any atom is -0.378 e. The van der Waals surface area contributed by atoms with Crippen LogP contribution in [-0.4, -0.2) is 21.1 Å². The van der Waals surface area contributed by atoms with Crippen LogP contribution in [0.2, 0.25) is 0 Å². The number of hydrogen-bond acceptors (Lipinski definition) is 6. The number of nitrogens with zero attached hydrogens (tertiary/aromatic N) is 3. The van der Waals surface area contributed by atoms with Gasteiger partial charge in [-0.1, -0.05) is 11.8 Å². The normalized spacial score (nSPS) is 9.75. The topological polar surface area (TPSA) is 94.9 Å². The van der Waals surface area contributed by atoms with E-state index in [1.54, 1.807) is 6.26 Å². The first-order chi connectivity index (χ1) is 5.65. The molecule has 12 heavy (non-hydrogen) atoms. The lowest BCUT2D eigenvalue weighted by molar-refractivity contribution is -0.384. The predicted octanol–water partition coefficient (Wildman–Crippen LogP) is 0.689. The molecule has 1 aromatic rings. The second kappa shape index (κ2) is 3.35. The van der Waals surface area contributed by atoms with Crippen LogP contribution in [0.3, 0.4) is 0 Å². The zero-order valence-corrected chi connectivity index (χ0v) is 7.04. The Bertz CT molecular complexity index is 316. The van der Waals surface area contributed by atoms with Crippen LogP contribution in [0.4, 0.5) is 11.5 Å². The van der Waals surface area contributed by atoms with Crippen LogP contribution in [0, 0.1) is 10.1 Å². The maximum absolute atomic E-state index is 10.3. The number of hydrogen-bond donors (Lipinski definition) is 1. The summed E-state index contributed by atoms with van der Waals surface area (Å²) in [5.41, 5.74) is 5.04. The highest BCUT2D eigenvalue weighted by atomic mass is 32.2.